The number of H-pyrrole nitrogens is 1. The Morgan fingerprint density at radius 2 is 2.04 bits per heavy atom. The van der Waals surface area contributed by atoms with Crippen molar-refractivity contribution < 1.29 is 9.90 Å². The Labute approximate surface area is 167 Å². The second-order valence-corrected chi connectivity index (χ2v) is 10.3. The number of nitrogens with one attached hydrogen (secondary N) is 2. The van der Waals surface area contributed by atoms with Gasteiger partial charge in [-0.05, 0) is 87.2 Å². The number of amides is 1. The summed E-state index contributed by atoms with van der Waals surface area (Å²) in [4.78, 5) is 16.3. The van der Waals surface area contributed by atoms with E-state index in [1.54, 1.807) is 0 Å². The Morgan fingerprint density at radius 3 is 2.75 bits per heavy atom. The molecule has 150 valence electrons. The first-order valence-corrected chi connectivity index (χ1v) is 10.9. The number of para-hydroxylation sites is 1. The maximum Gasteiger partial charge on any atom is 0.220 e. The van der Waals surface area contributed by atoms with Crippen molar-refractivity contribution >= 4 is 16.8 Å². The Hall–Kier alpha value is -1.81. The number of aryl methyl sites for hydroxylation is 1. The highest BCUT2D eigenvalue weighted by Gasteiger charge is 2.57. The number of carbonyl (C=O) groups is 1. The molecule has 3 unspecified atom stereocenters. The molecular formula is C24H32N2O2. The molecule has 2 aromatic rings. The average Bonchev–Trinajstić information content (AvgIpc) is 2.96. The molecule has 4 nitrogen and oxygen atoms in total. The van der Waals surface area contributed by atoms with Crippen LogP contribution in [-0.2, 0) is 11.2 Å². The number of aromatic nitrogens is 1. The van der Waals surface area contributed by atoms with E-state index < -0.39 is 5.60 Å². The van der Waals surface area contributed by atoms with Gasteiger partial charge in [-0.2, -0.15) is 0 Å². The third kappa shape index (κ3) is 3.16. The number of aromatic amines is 1. The fraction of sp³-hybridized carbons (Fsp3) is 0.625. The van der Waals surface area contributed by atoms with E-state index in [9.17, 15) is 9.90 Å². The van der Waals surface area contributed by atoms with Crippen LogP contribution in [0.3, 0.4) is 0 Å². The predicted octanol–water partition coefficient (Wildman–Crippen LogP) is 4.24. The first-order valence-electron chi connectivity index (χ1n) is 10.9. The van der Waals surface area contributed by atoms with E-state index in [0.29, 0.717) is 18.3 Å². The zero-order valence-electron chi connectivity index (χ0n) is 17.1. The van der Waals surface area contributed by atoms with Gasteiger partial charge in [-0.15, -0.1) is 0 Å². The number of benzene rings is 1. The van der Waals surface area contributed by atoms with Gasteiger partial charge in [0.05, 0.1) is 5.60 Å². The van der Waals surface area contributed by atoms with Gasteiger partial charge >= 0.3 is 0 Å². The summed E-state index contributed by atoms with van der Waals surface area (Å²) < 4.78 is 0. The molecule has 4 aliphatic rings. The molecule has 6 rings (SSSR count). The summed E-state index contributed by atoms with van der Waals surface area (Å²) in [6.07, 6.45) is 9.78. The van der Waals surface area contributed by atoms with Crippen molar-refractivity contribution in [2.45, 2.75) is 76.9 Å². The van der Waals surface area contributed by atoms with Crippen molar-refractivity contribution in [1.29, 1.82) is 0 Å². The Bertz CT molecular complexity index is 900. The number of hydrogen-bond donors (Lipinski definition) is 3. The molecule has 4 saturated carbocycles. The van der Waals surface area contributed by atoms with Crippen LogP contribution < -0.4 is 5.32 Å². The molecule has 0 saturated heterocycles. The average molecular weight is 381 g/mol. The van der Waals surface area contributed by atoms with Crippen molar-refractivity contribution in [3.05, 3.63) is 35.5 Å². The lowest BCUT2D eigenvalue weighted by Gasteiger charge is -2.60. The highest BCUT2D eigenvalue weighted by atomic mass is 16.3. The second-order valence-electron chi connectivity index (χ2n) is 10.3. The lowest BCUT2D eigenvalue weighted by Crippen LogP contribution is -2.56. The van der Waals surface area contributed by atoms with Crippen LogP contribution in [0.1, 0.15) is 63.0 Å². The smallest absolute Gasteiger partial charge is 0.220 e. The van der Waals surface area contributed by atoms with Crippen LogP contribution in [0.5, 0.6) is 0 Å². The Kier molecular flexibility index (Phi) is 4.13. The van der Waals surface area contributed by atoms with Gasteiger partial charge in [-0.1, -0.05) is 18.2 Å². The molecule has 3 atom stereocenters. The van der Waals surface area contributed by atoms with Gasteiger partial charge in [-0.25, -0.2) is 0 Å². The van der Waals surface area contributed by atoms with Crippen LogP contribution in [0.25, 0.3) is 10.9 Å². The van der Waals surface area contributed by atoms with Gasteiger partial charge in [0, 0.05) is 29.6 Å². The predicted molar refractivity (Wildman–Crippen MR) is 111 cm³/mol. The number of hydrogen-bond acceptors (Lipinski definition) is 2. The fourth-order valence-corrected chi connectivity index (χ4v) is 7.19. The molecule has 1 amide bonds. The molecule has 28 heavy (non-hydrogen) atoms. The largest absolute Gasteiger partial charge is 0.390 e. The summed E-state index contributed by atoms with van der Waals surface area (Å²) >= 11 is 0. The van der Waals surface area contributed by atoms with Gasteiger partial charge in [0.15, 0.2) is 0 Å². The minimum absolute atomic E-state index is 0.0422. The lowest BCUT2D eigenvalue weighted by molar-refractivity contribution is -0.169. The van der Waals surface area contributed by atoms with Crippen LogP contribution >= 0.6 is 0 Å². The monoisotopic (exact) mass is 380 g/mol. The zero-order valence-corrected chi connectivity index (χ0v) is 17.1. The topological polar surface area (TPSA) is 65.1 Å². The molecule has 0 spiro atoms. The van der Waals surface area contributed by atoms with Crippen LogP contribution in [-0.4, -0.2) is 27.6 Å². The maximum atomic E-state index is 12.9. The van der Waals surface area contributed by atoms with E-state index in [2.05, 4.69) is 48.5 Å². The van der Waals surface area contributed by atoms with Gasteiger partial charge in [-0.3, -0.25) is 4.79 Å². The van der Waals surface area contributed by atoms with Crippen molar-refractivity contribution in [3.8, 4) is 0 Å². The standard InChI is InChI=1S/C24H32N2O2/c1-15-4-3-5-20-19(13-25-22(15)20)6-16(2)26-21(27)12-23-8-17-7-18(9-23)11-24(28,10-17)14-23/h3-5,13,16-18,25,28H,6-12,14H2,1-2H3,(H,26,27). The second kappa shape index (κ2) is 6.35. The molecule has 1 aromatic carbocycles. The SMILES string of the molecule is Cc1cccc2c(CC(C)NC(=O)CC34CC5CC(CC(O)(C5)C3)C4)c[nH]c12. The zero-order chi connectivity index (χ0) is 19.5. The van der Waals surface area contributed by atoms with E-state index in [-0.39, 0.29) is 17.4 Å². The summed E-state index contributed by atoms with van der Waals surface area (Å²) in [7, 11) is 0. The number of aliphatic hydroxyl groups is 1. The molecule has 1 aromatic heterocycles. The Morgan fingerprint density at radius 1 is 1.29 bits per heavy atom. The van der Waals surface area contributed by atoms with Gasteiger partial charge in [0.25, 0.3) is 0 Å². The fourth-order valence-electron chi connectivity index (χ4n) is 7.19. The van der Waals surface area contributed by atoms with Crippen molar-refractivity contribution in [2.24, 2.45) is 17.3 Å². The highest BCUT2D eigenvalue weighted by molar-refractivity contribution is 5.86. The van der Waals surface area contributed by atoms with Crippen LogP contribution in [0, 0.1) is 24.2 Å². The van der Waals surface area contributed by atoms with E-state index in [1.165, 1.54) is 28.5 Å². The molecular weight excluding hydrogens is 348 g/mol. The molecule has 4 fully saturated rings. The summed E-state index contributed by atoms with van der Waals surface area (Å²) in [5.41, 5.74) is 3.26. The molecule has 4 heteroatoms. The molecule has 4 bridgehead atoms. The van der Waals surface area contributed by atoms with Crippen LogP contribution in [0.4, 0.5) is 0 Å². The van der Waals surface area contributed by atoms with Gasteiger partial charge in [0.1, 0.15) is 0 Å². The third-order valence-corrected chi connectivity index (χ3v) is 7.63. The third-order valence-electron chi connectivity index (χ3n) is 7.63. The van der Waals surface area contributed by atoms with Crippen molar-refractivity contribution in [1.82, 2.24) is 10.3 Å². The summed E-state index contributed by atoms with van der Waals surface area (Å²) in [5, 5.41) is 15.4. The minimum Gasteiger partial charge on any atom is -0.390 e. The molecule has 0 aliphatic heterocycles. The van der Waals surface area contributed by atoms with Crippen molar-refractivity contribution in [3.63, 3.8) is 0 Å². The van der Waals surface area contributed by atoms with Gasteiger partial charge < -0.3 is 15.4 Å². The van der Waals surface area contributed by atoms with Crippen LogP contribution in [0.15, 0.2) is 24.4 Å². The van der Waals surface area contributed by atoms with E-state index in [4.69, 9.17) is 0 Å². The summed E-state index contributed by atoms with van der Waals surface area (Å²) in [6, 6.07) is 6.46. The number of fused-ring (bicyclic) bond motifs is 1. The minimum atomic E-state index is -0.488. The molecule has 1 heterocycles. The van der Waals surface area contributed by atoms with E-state index in [0.717, 1.165) is 38.5 Å². The highest BCUT2D eigenvalue weighted by Crippen LogP contribution is 2.62. The first kappa shape index (κ1) is 18.2. The number of carbonyl (C=O) groups excluding carboxylic acids is 1. The van der Waals surface area contributed by atoms with E-state index in [1.807, 2.05) is 0 Å². The molecule has 4 aliphatic carbocycles. The summed E-state index contributed by atoms with van der Waals surface area (Å²) in [6.45, 7) is 4.22. The Balaban J connectivity index is 1.24. The molecule has 0 radical (unpaired) electrons. The normalized spacial score (nSPS) is 34.7. The first-order chi connectivity index (χ1) is 13.3. The lowest BCUT2D eigenvalue weighted by atomic mass is 9.47. The van der Waals surface area contributed by atoms with E-state index >= 15 is 0 Å². The summed E-state index contributed by atoms with van der Waals surface area (Å²) in [5.74, 6) is 1.42. The molecule has 3 N–H and O–H groups in total. The quantitative estimate of drug-likeness (QED) is 0.726. The van der Waals surface area contributed by atoms with Gasteiger partial charge in [0.2, 0.25) is 5.91 Å². The van der Waals surface area contributed by atoms with Crippen molar-refractivity contribution in [2.75, 3.05) is 0 Å². The maximum absolute atomic E-state index is 12.9. The number of rotatable bonds is 5. The van der Waals surface area contributed by atoms with Crippen LogP contribution in [0.2, 0.25) is 0 Å².